The Hall–Kier alpha value is -1.95. The molecule has 0 aromatic heterocycles. The van der Waals surface area contributed by atoms with Crippen molar-refractivity contribution in [2.75, 3.05) is 6.54 Å². The fraction of sp³-hybridized carbons (Fsp3) is 0.600. The molecule has 1 saturated heterocycles. The van der Waals surface area contributed by atoms with Gasteiger partial charge in [0.2, 0.25) is 11.8 Å². The van der Waals surface area contributed by atoms with E-state index in [4.69, 9.17) is 0 Å². The number of carbonyl (C=O) groups excluding carboxylic acids is 2. The number of amides is 2. The fourth-order valence-electron chi connectivity index (χ4n) is 4.33. The van der Waals surface area contributed by atoms with Crippen LogP contribution in [0, 0.1) is 11.2 Å². The number of nitrogens with zero attached hydrogens (tertiary/aromatic N) is 1. The summed E-state index contributed by atoms with van der Waals surface area (Å²) in [5.74, 6) is -0.748. The van der Waals surface area contributed by atoms with E-state index in [0.29, 0.717) is 13.0 Å². The number of aliphatic hydroxyl groups excluding tert-OH is 1. The van der Waals surface area contributed by atoms with Gasteiger partial charge in [0, 0.05) is 19.5 Å². The molecule has 0 unspecified atom stereocenters. The molecule has 5 nitrogen and oxygen atoms in total. The molecule has 142 valence electrons. The second-order valence-corrected chi connectivity index (χ2v) is 7.79. The maximum Gasteiger partial charge on any atom is 0.245 e. The van der Waals surface area contributed by atoms with Crippen LogP contribution in [0.1, 0.15) is 51.0 Å². The summed E-state index contributed by atoms with van der Waals surface area (Å²) in [5.41, 5.74) is 0.736. The van der Waals surface area contributed by atoms with Crippen LogP contribution in [0.5, 0.6) is 0 Å². The lowest BCUT2D eigenvalue weighted by Gasteiger charge is -2.35. The van der Waals surface area contributed by atoms with Gasteiger partial charge in [0.1, 0.15) is 11.9 Å². The fourth-order valence-corrected chi connectivity index (χ4v) is 4.33. The Labute approximate surface area is 153 Å². The van der Waals surface area contributed by atoms with E-state index in [1.807, 2.05) is 0 Å². The highest BCUT2D eigenvalue weighted by Crippen LogP contribution is 2.45. The predicted octanol–water partition coefficient (Wildman–Crippen LogP) is 2.37. The van der Waals surface area contributed by atoms with E-state index < -0.39 is 12.1 Å². The normalized spacial score (nSPS) is 21.7. The Bertz CT molecular complexity index is 654. The highest BCUT2D eigenvalue weighted by Gasteiger charge is 2.48. The van der Waals surface area contributed by atoms with Crippen LogP contribution in [0.4, 0.5) is 4.39 Å². The minimum atomic E-state index is -0.953. The molecule has 2 amide bonds. The highest BCUT2D eigenvalue weighted by atomic mass is 19.1. The average Bonchev–Trinajstić information content (AvgIpc) is 2.90. The van der Waals surface area contributed by atoms with Crippen molar-refractivity contribution in [3.8, 4) is 0 Å². The first kappa shape index (κ1) is 18.8. The van der Waals surface area contributed by atoms with Gasteiger partial charge in [-0.2, -0.15) is 0 Å². The Morgan fingerprint density at radius 1 is 1.27 bits per heavy atom. The molecule has 1 aromatic carbocycles. The van der Waals surface area contributed by atoms with E-state index in [2.05, 4.69) is 5.32 Å². The monoisotopic (exact) mass is 362 g/mol. The van der Waals surface area contributed by atoms with E-state index in [0.717, 1.165) is 31.2 Å². The zero-order chi connectivity index (χ0) is 18.7. The van der Waals surface area contributed by atoms with Gasteiger partial charge >= 0.3 is 0 Å². The zero-order valence-corrected chi connectivity index (χ0v) is 15.2. The van der Waals surface area contributed by atoms with Crippen molar-refractivity contribution in [1.82, 2.24) is 10.2 Å². The van der Waals surface area contributed by atoms with Crippen molar-refractivity contribution >= 4 is 11.8 Å². The maximum absolute atomic E-state index is 13.0. The van der Waals surface area contributed by atoms with E-state index in [9.17, 15) is 19.1 Å². The van der Waals surface area contributed by atoms with Gasteiger partial charge in [-0.1, -0.05) is 31.4 Å². The summed E-state index contributed by atoms with van der Waals surface area (Å²) < 4.78 is 13.0. The number of hydrogen-bond acceptors (Lipinski definition) is 3. The minimum absolute atomic E-state index is 0.0281. The SMILES string of the molecule is C[C@@H](O)[C@@H](C(=O)NCc1ccc(F)cc1)N1CC2(CCCCC2)CC1=O. The summed E-state index contributed by atoms with van der Waals surface area (Å²) in [7, 11) is 0. The van der Waals surface area contributed by atoms with E-state index in [1.165, 1.54) is 18.6 Å². The van der Waals surface area contributed by atoms with E-state index >= 15 is 0 Å². The number of benzene rings is 1. The van der Waals surface area contributed by atoms with Crippen molar-refractivity contribution in [3.05, 3.63) is 35.6 Å². The third-order valence-electron chi connectivity index (χ3n) is 5.71. The molecule has 26 heavy (non-hydrogen) atoms. The quantitative estimate of drug-likeness (QED) is 0.845. The van der Waals surface area contributed by atoms with Crippen LogP contribution in [-0.4, -0.2) is 40.5 Å². The van der Waals surface area contributed by atoms with Crippen LogP contribution >= 0.6 is 0 Å². The standard InChI is InChI=1S/C20H27FN2O3/c1-14(24)18(19(26)22-12-15-5-7-16(21)8-6-15)23-13-20(11-17(23)25)9-3-2-4-10-20/h5-8,14,18,24H,2-4,9-13H2,1H3,(H,22,26)/t14-,18+/m1/s1. The highest BCUT2D eigenvalue weighted by molar-refractivity contribution is 5.89. The van der Waals surface area contributed by atoms with Gasteiger partial charge < -0.3 is 15.3 Å². The maximum atomic E-state index is 13.0. The van der Waals surface area contributed by atoms with Gasteiger partial charge in [0.15, 0.2) is 0 Å². The summed E-state index contributed by atoms with van der Waals surface area (Å²) in [5, 5.41) is 13.0. The first-order valence-electron chi connectivity index (χ1n) is 9.40. The van der Waals surface area contributed by atoms with Crippen LogP contribution in [-0.2, 0) is 16.1 Å². The Morgan fingerprint density at radius 3 is 2.54 bits per heavy atom. The number of nitrogens with one attached hydrogen (secondary N) is 1. The molecule has 3 rings (SSSR count). The van der Waals surface area contributed by atoms with Gasteiger partial charge in [-0.15, -0.1) is 0 Å². The molecule has 2 fully saturated rings. The summed E-state index contributed by atoms with van der Waals surface area (Å²) in [4.78, 5) is 26.9. The second-order valence-electron chi connectivity index (χ2n) is 7.79. The number of hydrogen-bond donors (Lipinski definition) is 2. The molecular weight excluding hydrogens is 335 g/mol. The molecule has 1 aliphatic carbocycles. The van der Waals surface area contributed by atoms with Crippen molar-refractivity contribution in [1.29, 1.82) is 0 Å². The van der Waals surface area contributed by atoms with E-state index in [1.54, 1.807) is 24.0 Å². The summed E-state index contributed by atoms with van der Waals surface area (Å²) in [6.07, 6.45) is 4.99. The summed E-state index contributed by atoms with van der Waals surface area (Å²) in [6, 6.07) is 4.99. The molecule has 2 aliphatic rings. The summed E-state index contributed by atoms with van der Waals surface area (Å²) >= 11 is 0. The van der Waals surface area contributed by atoms with Crippen LogP contribution in [0.25, 0.3) is 0 Å². The molecule has 2 atom stereocenters. The zero-order valence-electron chi connectivity index (χ0n) is 15.2. The van der Waals surface area contributed by atoms with Gasteiger partial charge in [-0.05, 0) is 42.9 Å². The van der Waals surface area contributed by atoms with Crippen LogP contribution < -0.4 is 5.32 Å². The first-order valence-corrected chi connectivity index (χ1v) is 9.40. The Balaban J connectivity index is 1.67. The van der Waals surface area contributed by atoms with Crippen LogP contribution in [0.15, 0.2) is 24.3 Å². The average molecular weight is 362 g/mol. The van der Waals surface area contributed by atoms with Gasteiger partial charge in [-0.25, -0.2) is 4.39 Å². The van der Waals surface area contributed by atoms with Crippen LogP contribution in [0.3, 0.4) is 0 Å². The van der Waals surface area contributed by atoms with Crippen molar-refractivity contribution in [2.45, 2.75) is 64.1 Å². The molecule has 1 aromatic rings. The van der Waals surface area contributed by atoms with Gasteiger partial charge in [0.05, 0.1) is 6.10 Å². The smallest absolute Gasteiger partial charge is 0.245 e. The number of rotatable bonds is 5. The summed E-state index contributed by atoms with van der Waals surface area (Å²) in [6.45, 7) is 2.32. The molecule has 6 heteroatoms. The molecule has 1 spiro atoms. The third kappa shape index (κ3) is 4.06. The van der Waals surface area contributed by atoms with Crippen molar-refractivity contribution in [3.63, 3.8) is 0 Å². The van der Waals surface area contributed by atoms with Crippen molar-refractivity contribution < 1.29 is 19.1 Å². The molecule has 0 bridgehead atoms. The number of aliphatic hydroxyl groups is 1. The number of carbonyl (C=O) groups is 2. The largest absolute Gasteiger partial charge is 0.391 e. The number of halogens is 1. The lowest BCUT2D eigenvalue weighted by Crippen LogP contribution is -2.53. The van der Waals surface area contributed by atoms with Crippen LogP contribution in [0.2, 0.25) is 0 Å². The topological polar surface area (TPSA) is 69.6 Å². The van der Waals surface area contributed by atoms with Gasteiger partial charge in [-0.3, -0.25) is 9.59 Å². The first-order chi connectivity index (χ1) is 12.4. The molecular formula is C20H27FN2O3. The molecule has 2 N–H and O–H groups in total. The lowest BCUT2D eigenvalue weighted by atomic mass is 9.73. The Kier molecular flexibility index (Phi) is 5.61. The third-order valence-corrected chi connectivity index (χ3v) is 5.71. The van der Waals surface area contributed by atoms with Gasteiger partial charge in [0.25, 0.3) is 0 Å². The predicted molar refractivity (Wildman–Crippen MR) is 95.6 cm³/mol. The van der Waals surface area contributed by atoms with E-state index in [-0.39, 0.29) is 29.6 Å². The van der Waals surface area contributed by atoms with Crippen molar-refractivity contribution in [2.24, 2.45) is 5.41 Å². The number of likely N-dealkylation sites (tertiary alicyclic amines) is 1. The minimum Gasteiger partial charge on any atom is -0.391 e. The Morgan fingerprint density at radius 2 is 1.92 bits per heavy atom. The molecule has 0 radical (unpaired) electrons. The second kappa shape index (κ2) is 7.74. The molecule has 1 heterocycles. The lowest BCUT2D eigenvalue weighted by molar-refractivity contribution is -0.141. The molecule has 1 saturated carbocycles. The molecule has 1 aliphatic heterocycles.